The smallest absolute Gasteiger partial charge is 0.228 e. The molecule has 6 nitrogen and oxygen atoms in total. The zero-order chi connectivity index (χ0) is 15.9. The second-order valence-corrected chi connectivity index (χ2v) is 5.41. The summed E-state index contributed by atoms with van der Waals surface area (Å²) in [6.07, 6.45) is 1.03. The van der Waals surface area contributed by atoms with E-state index in [0.29, 0.717) is 42.8 Å². The van der Waals surface area contributed by atoms with Crippen molar-refractivity contribution in [1.82, 2.24) is 15.5 Å². The Hall–Kier alpha value is -2.37. The number of rotatable bonds is 7. The Bertz CT molecular complexity index is 623. The molecule has 0 saturated carbocycles. The predicted octanol–water partition coefficient (Wildman–Crippen LogP) is 2.45. The van der Waals surface area contributed by atoms with Crippen molar-refractivity contribution in [3.05, 3.63) is 30.2 Å². The molecule has 118 valence electrons. The van der Waals surface area contributed by atoms with Crippen LogP contribution < -0.4 is 10.1 Å². The largest absolute Gasteiger partial charge is 0.496 e. The van der Waals surface area contributed by atoms with Crippen LogP contribution in [0.1, 0.15) is 26.2 Å². The van der Waals surface area contributed by atoms with E-state index >= 15 is 0 Å². The second kappa shape index (κ2) is 7.59. The van der Waals surface area contributed by atoms with Crippen molar-refractivity contribution >= 4 is 5.91 Å². The van der Waals surface area contributed by atoms with E-state index in [1.54, 1.807) is 7.11 Å². The lowest BCUT2D eigenvalue weighted by Gasteiger charge is -2.05. The molecule has 1 heterocycles. The topological polar surface area (TPSA) is 77.3 Å². The fourth-order valence-corrected chi connectivity index (χ4v) is 2.05. The predicted molar refractivity (Wildman–Crippen MR) is 82.5 cm³/mol. The summed E-state index contributed by atoms with van der Waals surface area (Å²) in [6.45, 7) is 4.51. The molecule has 0 atom stereocenters. The number of hydrogen-bond acceptors (Lipinski definition) is 5. The van der Waals surface area contributed by atoms with Gasteiger partial charge in [0, 0.05) is 19.4 Å². The zero-order valence-electron chi connectivity index (χ0n) is 13.1. The Morgan fingerprint density at radius 1 is 1.36 bits per heavy atom. The van der Waals surface area contributed by atoms with E-state index in [1.165, 1.54) is 0 Å². The molecule has 0 spiro atoms. The number of nitrogens with one attached hydrogen (secondary N) is 1. The monoisotopic (exact) mass is 303 g/mol. The van der Waals surface area contributed by atoms with Crippen LogP contribution in [0.4, 0.5) is 0 Å². The van der Waals surface area contributed by atoms with Crippen molar-refractivity contribution in [2.45, 2.75) is 26.7 Å². The van der Waals surface area contributed by atoms with Gasteiger partial charge >= 0.3 is 0 Å². The van der Waals surface area contributed by atoms with Gasteiger partial charge in [-0.2, -0.15) is 4.98 Å². The summed E-state index contributed by atoms with van der Waals surface area (Å²) in [5.41, 5.74) is 0.781. The number of methoxy groups -OCH3 is 1. The molecule has 22 heavy (non-hydrogen) atoms. The highest BCUT2D eigenvalue weighted by Crippen LogP contribution is 2.26. The van der Waals surface area contributed by atoms with Crippen molar-refractivity contribution in [3.63, 3.8) is 0 Å². The quantitative estimate of drug-likeness (QED) is 0.850. The fourth-order valence-electron chi connectivity index (χ4n) is 2.05. The lowest BCUT2D eigenvalue weighted by molar-refractivity contribution is -0.121. The third-order valence-corrected chi connectivity index (χ3v) is 3.07. The first kappa shape index (κ1) is 16.0. The van der Waals surface area contributed by atoms with E-state index in [0.717, 1.165) is 5.56 Å². The highest BCUT2D eigenvalue weighted by Gasteiger charge is 2.13. The van der Waals surface area contributed by atoms with E-state index < -0.39 is 0 Å². The van der Waals surface area contributed by atoms with Crippen LogP contribution in [0.25, 0.3) is 11.4 Å². The molecule has 1 aromatic heterocycles. The summed E-state index contributed by atoms with van der Waals surface area (Å²) in [6, 6.07) is 7.49. The van der Waals surface area contributed by atoms with E-state index in [2.05, 4.69) is 15.5 Å². The third-order valence-electron chi connectivity index (χ3n) is 3.07. The Morgan fingerprint density at radius 3 is 2.86 bits per heavy atom. The first-order valence-corrected chi connectivity index (χ1v) is 7.32. The maximum atomic E-state index is 11.6. The van der Waals surface area contributed by atoms with Gasteiger partial charge in [-0.3, -0.25) is 4.79 Å². The van der Waals surface area contributed by atoms with E-state index in [9.17, 15) is 4.79 Å². The van der Waals surface area contributed by atoms with Crippen molar-refractivity contribution < 1.29 is 14.1 Å². The Balaban J connectivity index is 1.93. The summed E-state index contributed by atoms with van der Waals surface area (Å²) in [7, 11) is 1.60. The molecular weight excluding hydrogens is 282 g/mol. The summed E-state index contributed by atoms with van der Waals surface area (Å²) < 4.78 is 10.5. The van der Waals surface area contributed by atoms with Crippen LogP contribution in [0.15, 0.2) is 28.8 Å². The zero-order valence-corrected chi connectivity index (χ0v) is 13.1. The highest BCUT2D eigenvalue weighted by atomic mass is 16.5. The van der Waals surface area contributed by atoms with Crippen molar-refractivity contribution in [2.75, 3.05) is 13.7 Å². The van der Waals surface area contributed by atoms with Gasteiger partial charge in [-0.25, -0.2) is 0 Å². The number of carbonyl (C=O) groups excluding carboxylic acids is 1. The second-order valence-electron chi connectivity index (χ2n) is 5.41. The number of nitrogens with zero attached hydrogens (tertiary/aromatic N) is 2. The highest BCUT2D eigenvalue weighted by molar-refractivity contribution is 5.76. The van der Waals surface area contributed by atoms with Crippen LogP contribution in [0, 0.1) is 5.92 Å². The van der Waals surface area contributed by atoms with Crippen LogP contribution in [0.5, 0.6) is 5.75 Å². The summed E-state index contributed by atoms with van der Waals surface area (Å²) in [5, 5.41) is 6.81. The molecule has 2 aromatic rings. The van der Waals surface area contributed by atoms with E-state index in [4.69, 9.17) is 9.26 Å². The normalized spacial score (nSPS) is 10.7. The number of ether oxygens (including phenoxy) is 1. The van der Waals surface area contributed by atoms with Crippen LogP contribution in [-0.2, 0) is 11.2 Å². The van der Waals surface area contributed by atoms with E-state index in [-0.39, 0.29) is 5.91 Å². The molecule has 1 aromatic carbocycles. The molecule has 0 aliphatic heterocycles. The van der Waals surface area contributed by atoms with Gasteiger partial charge in [0.1, 0.15) is 5.75 Å². The number of benzene rings is 1. The minimum Gasteiger partial charge on any atom is -0.496 e. The van der Waals surface area contributed by atoms with Crippen LogP contribution in [0.3, 0.4) is 0 Å². The number of aromatic nitrogens is 2. The Labute approximate surface area is 129 Å². The average molecular weight is 303 g/mol. The van der Waals surface area contributed by atoms with Crippen LogP contribution in [-0.4, -0.2) is 29.7 Å². The maximum absolute atomic E-state index is 11.6. The van der Waals surface area contributed by atoms with Gasteiger partial charge < -0.3 is 14.6 Å². The molecule has 0 aliphatic rings. The first-order chi connectivity index (χ1) is 10.6. The number of carbonyl (C=O) groups is 1. The molecule has 0 radical (unpaired) electrons. The molecule has 0 unspecified atom stereocenters. The van der Waals surface area contributed by atoms with Gasteiger partial charge in [0.15, 0.2) is 0 Å². The van der Waals surface area contributed by atoms with Gasteiger partial charge in [-0.15, -0.1) is 0 Å². The number of hydrogen-bond donors (Lipinski definition) is 1. The molecule has 1 amide bonds. The van der Waals surface area contributed by atoms with Crippen molar-refractivity contribution in [3.8, 4) is 17.1 Å². The standard InChI is InChI=1S/C16H21N3O3/c1-11(2)10-14(20)17-9-8-15-18-16(19-22-15)12-6-4-5-7-13(12)21-3/h4-7,11H,8-10H2,1-3H3,(H,17,20). The maximum Gasteiger partial charge on any atom is 0.228 e. The molecule has 0 aliphatic carbocycles. The Kier molecular flexibility index (Phi) is 5.52. The van der Waals surface area contributed by atoms with Crippen LogP contribution in [0.2, 0.25) is 0 Å². The van der Waals surface area contributed by atoms with Gasteiger partial charge in [0.2, 0.25) is 17.6 Å². The first-order valence-electron chi connectivity index (χ1n) is 7.32. The van der Waals surface area contributed by atoms with Gasteiger partial charge in [0.05, 0.1) is 12.7 Å². The number of amides is 1. The molecule has 6 heteroatoms. The van der Waals surface area contributed by atoms with Crippen molar-refractivity contribution in [2.24, 2.45) is 5.92 Å². The lowest BCUT2D eigenvalue weighted by Crippen LogP contribution is -2.26. The van der Waals surface area contributed by atoms with Gasteiger partial charge in [0.25, 0.3) is 0 Å². The Morgan fingerprint density at radius 2 is 2.14 bits per heavy atom. The SMILES string of the molecule is COc1ccccc1-c1noc(CCNC(=O)CC(C)C)n1. The molecule has 0 saturated heterocycles. The minimum absolute atomic E-state index is 0.0412. The molecule has 2 rings (SSSR count). The van der Waals surface area contributed by atoms with E-state index in [1.807, 2.05) is 38.1 Å². The molecule has 0 bridgehead atoms. The summed E-state index contributed by atoms with van der Waals surface area (Å²) in [4.78, 5) is 15.9. The minimum atomic E-state index is 0.0412. The average Bonchev–Trinajstić information content (AvgIpc) is 2.95. The molecule has 0 fully saturated rings. The van der Waals surface area contributed by atoms with Gasteiger partial charge in [-0.05, 0) is 18.1 Å². The number of para-hydroxylation sites is 1. The van der Waals surface area contributed by atoms with Crippen LogP contribution >= 0.6 is 0 Å². The van der Waals surface area contributed by atoms with Gasteiger partial charge in [-0.1, -0.05) is 31.1 Å². The summed E-state index contributed by atoms with van der Waals surface area (Å²) >= 11 is 0. The fraction of sp³-hybridized carbons (Fsp3) is 0.438. The van der Waals surface area contributed by atoms with Crippen molar-refractivity contribution in [1.29, 1.82) is 0 Å². The summed E-state index contributed by atoms with van der Waals surface area (Å²) in [5.74, 6) is 2.06. The molecular formula is C16H21N3O3. The lowest BCUT2D eigenvalue weighted by atomic mass is 10.1. The third kappa shape index (κ3) is 4.31. The molecule has 1 N–H and O–H groups in total.